The fourth-order valence-corrected chi connectivity index (χ4v) is 2.19. The fourth-order valence-electron chi connectivity index (χ4n) is 2.19. The highest BCUT2D eigenvalue weighted by Crippen LogP contribution is 2.12. The summed E-state index contributed by atoms with van der Waals surface area (Å²) in [5.41, 5.74) is 1.27. The summed E-state index contributed by atoms with van der Waals surface area (Å²) in [7, 11) is 3.78. The number of hydrogen-bond acceptors (Lipinski definition) is 4. The van der Waals surface area contributed by atoms with Crippen LogP contribution in [0.5, 0.6) is 5.75 Å². The molecule has 0 spiro atoms. The molecule has 1 aromatic carbocycles. The summed E-state index contributed by atoms with van der Waals surface area (Å²) in [6.07, 6.45) is 0.792. The molecule has 4 heteroatoms. The summed E-state index contributed by atoms with van der Waals surface area (Å²) in [6.45, 7) is 5.08. The third-order valence-electron chi connectivity index (χ3n) is 3.11. The van der Waals surface area contributed by atoms with Crippen LogP contribution in [0.15, 0.2) is 24.3 Å². The number of ether oxygens (including phenoxy) is 1. The summed E-state index contributed by atoms with van der Waals surface area (Å²) in [5.74, 6) is 0.886. The molecule has 4 nitrogen and oxygen atoms in total. The smallest absolute Gasteiger partial charge is 0.118 e. The first-order valence-electron chi connectivity index (χ1n) is 6.85. The first-order chi connectivity index (χ1) is 9.19. The van der Waals surface area contributed by atoms with E-state index in [-0.39, 0.29) is 6.61 Å². The minimum atomic E-state index is 0.230. The monoisotopic (exact) mass is 266 g/mol. The van der Waals surface area contributed by atoms with E-state index in [2.05, 4.69) is 36.3 Å². The van der Waals surface area contributed by atoms with Crippen LogP contribution in [0.25, 0.3) is 0 Å². The van der Waals surface area contributed by atoms with Crippen molar-refractivity contribution in [3.8, 4) is 5.75 Å². The standard InChI is InChI=1S/C15H26N2O2/c1-4-16-14(9-10-18)12-17(2)11-13-5-7-15(19-3)8-6-13/h5-8,14,16,18H,4,9-12H2,1-3H3. The van der Waals surface area contributed by atoms with Gasteiger partial charge in [-0.25, -0.2) is 0 Å². The van der Waals surface area contributed by atoms with Crippen LogP contribution in [0.4, 0.5) is 0 Å². The van der Waals surface area contributed by atoms with Crippen LogP contribution in [-0.2, 0) is 6.54 Å². The van der Waals surface area contributed by atoms with Crippen molar-refractivity contribution in [1.82, 2.24) is 10.2 Å². The predicted octanol–water partition coefficient (Wildman–Crippen LogP) is 1.49. The molecule has 1 rings (SSSR count). The molecule has 1 aromatic rings. The molecule has 1 unspecified atom stereocenters. The van der Waals surface area contributed by atoms with E-state index >= 15 is 0 Å². The van der Waals surface area contributed by atoms with Crippen LogP contribution < -0.4 is 10.1 Å². The average Bonchev–Trinajstić information content (AvgIpc) is 2.40. The van der Waals surface area contributed by atoms with E-state index in [1.54, 1.807) is 7.11 Å². The van der Waals surface area contributed by atoms with E-state index < -0.39 is 0 Å². The first-order valence-corrected chi connectivity index (χ1v) is 6.85. The maximum Gasteiger partial charge on any atom is 0.118 e. The lowest BCUT2D eigenvalue weighted by Crippen LogP contribution is -2.39. The lowest BCUT2D eigenvalue weighted by molar-refractivity contribution is 0.227. The van der Waals surface area contributed by atoms with Crippen LogP contribution in [-0.4, -0.2) is 49.9 Å². The maximum atomic E-state index is 9.05. The zero-order valence-electron chi connectivity index (χ0n) is 12.2. The molecule has 0 saturated heterocycles. The number of nitrogens with one attached hydrogen (secondary N) is 1. The van der Waals surface area contributed by atoms with Gasteiger partial charge in [0, 0.05) is 25.7 Å². The Morgan fingerprint density at radius 2 is 2.00 bits per heavy atom. The Labute approximate surface area is 116 Å². The van der Waals surface area contributed by atoms with Crippen LogP contribution in [0, 0.1) is 0 Å². The van der Waals surface area contributed by atoms with E-state index in [9.17, 15) is 0 Å². The highest BCUT2D eigenvalue weighted by molar-refractivity contribution is 5.27. The number of aliphatic hydroxyl groups is 1. The lowest BCUT2D eigenvalue weighted by Gasteiger charge is -2.24. The number of rotatable bonds is 9. The van der Waals surface area contributed by atoms with E-state index in [0.29, 0.717) is 6.04 Å². The Hall–Kier alpha value is -1.10. The van der Waals surface area contributed by atoms with Gasteiger partial charge >= 0.3 is 0 Å². The highest BCUT2D eigenvalue weighted by atomic mass is 16.5. The van der Waals surface area contributed by atoms with Gasteiger partial charge in [-0.2, -0.15) is 0 Å². The molecule has 0 amide bonds. The van der Waals surface area contributed by atoms with E-state index in [1.165, 1.54) is 5.56 Å². The minimum Gasteiger partial charge on any atom is -0.497 e. The number of likely N-dealkylation sites (N-methyl/N-ethyl adjacent to an activating group) is 2. The normalized spacial score (nSPS) is 12.7. The Morgan fingerprint density at radius 1 is 1.32 bits per heavy atom. The van der Waals surface area contributed by atoms with Gasteiger partial charge in [0.05, 0.1) is 7.11 Å². The van der Waals surface area contributed by atoms with Gasteiger partial charge < -0.3 is 20.1 Å². The van der Waals surface area contributed by atoms with E-state index in [0.717, 1.165) is 31.8 Å². The van der Waals surface area contributed by atoms with Crippen molar-refractivity contribution in [2.24, 2.45) is 0 Å². The zero-order valence-corrected chi connectivity index (χ0v) is 12.2. The Morgan fingerprint density at radius 3 is 2.53 bits per heavy atom. The Balaban J connectivity index is 2.45. The highest BCUT2D eigenvalue weighted by Gasteiger charge is 2.10. The van der Waals surface area contributed by atoms with Crippen molar-refractivity contribution >= 4 is 0 Å². The van der Waals surface area contributed by atoms with Crippen molar-refractivity contribution in [2.45, 2.75) is 25.9 Å². The molecule has 19 heavy (non-hydrogen) atoms. The van der Waals surface area contributed by atoms with Gasteiger partial charge in [0.25, 0.3) is 0 Å². The van der Waals surface area contributed by atoms with Gasteiger partial charge in [-0.1, -0.05) is 19.1 Å². The molecule has 0 fully saturated rings. The van der Waals surface area contributed by atoms with Gasteiger partial charge in [0.15, 0.2) is 0 Å². The van der Waals surface area contributed by atoms with Gasteiger partial charge in [-0.05, 0) is 37.7 Å². The molecule has 0 heterocycles. The molecule has 108 valence electrons. The molecule has 0 aliphatic carbocycles. The quantitative estimate of drug-likeness (QED) is 0.711. The third kappa shape index (κ3) is 6.05. The second-order valence-corrected chi connectivity index (χ2v) is 4.81. The Bertz CT molecular complexity index is 335. The maximum absolute atomic E-state index is 9.05. The zero-order chi connectivity index (χ0) is 14.1. The topological polar surface area (TPSA) is 44.7 Å². The number of benzene rings is 1. The second kappa shape index (κ2) is 8.91. The SMILES string of the molecule is CCNC(CCO)CN(C)Cc1ccc(OC)cc1. The van der Waals surface area contributed by atoms with Crippen molar-refractivity contribution < 1.29 is 9.84 Å². The van der Waals surface area contributed by atoms with Gasteiger partial charge in [-0.3, -0.25) is 0 Å². The van der Waals surface area contributed by atoms with Gasteiger partial charge in [0.2, 0.25) is 0 Å². The molecular weight excluding hydrogens is 240 g/mol. The number of nitrogens with zero attached hydrogens (tertiary/aromatic N) is 1. The molecular formula is C15H26N2O2. The predicted molar refractivity (Wildman–Crippen MR) is 78.5 cm³/mol. The molecule has 0 aliphatic heterocycles. The van der Waals surface area contributed by atoms with Crippen molar-refractivity contribution in [2.75, 3.05) is 33.9 Å². The summed E-state index contributed by atoms with van der Waals surface area (Å²) in [5, 5.41) is 12.4. The van der Waals surface area contributed by atoms with Gasteiger partial charge in [0.1, 0.15) is 5.75 Å². The molecule has 0 bridgehead atoms. The summed E-state index contributed by atoms with van der Waals surface area (Å²) < 4.78 is 5.15. The van der Waals surface area contributed by atoms with E-state index in [1.807, 2.05) is 12.1 Å². The van der Waals surface area contributed by atoms with Crippen molar-refractivity contribution in [1.29, 1.82) is 0 Å². The summed E-state index contributed by atoms with van der Waals surface area (Å²) in [4.78, 5) is 2.27. The fraction of sp³-hybridized carbons (Fsp3) is 0.600. The van der Waals surface area contributed by atoms with Crippen molar-refractivity contribution in [3.63, 3.8) is 0 Å². The molecule has 0 aliphatic rings. The summed E-state index contributed by atoms with van der Waals surface area (Å²) >= 11 is 0. The minimum absolute atomic E-state index is 0.230. The van der Waals surface area contributed by atoms with E-state index in [4.69, 9.17) is 9.84 Å². The lowest BCUT2D eigenvalue weighted by atomic mass is 10.1. The van der Waals surface area contributed by atoms with Crippen molar-refractivity contribution in [3.05, 3.63) is 29.8 Å². The van der Waals surface area contributed by atoms with Gasteiger partial charge in [-0.15, -0.1) is 0 Å². The largest absolute Gasteiger partial charge is 0.497 e. The molecule has 2 N–H and O–H groups in total. The van der Waals surface area contributed by atoms with Crippen LogP contribution in [0.1, 0.15) is 18.9 Å². The van der Waals surface area contributed by atoms with Crippen LogP contribution in [0.2, 0.25) is 0 Å². The van der Waals surface area contributed by atoms with Crippen LogP contribution in [0.3, 0.4) is 0 Å². The number of methoxy groups -OCH3 is 1. The summed E-state index contributed by atoms with van der Waals surface area (Å²) in [6, 6.07) is 8.49. The molecule has 0 saturated carbocycles. The van der Waals surface area contributed by atoms with Crippen LogP contribution >= 0.6 is 0 Å². The number of aliphatic hydroxyl groups excluding tert-OH is 1. The number of hydrogen-bond donors (Lipinski definition) is 2. The average molecular weight is 266 g/mol. The molecule has 0 aromatic heterocycles. The molecule has 0 radical (unpaired) electrons. The third-order valence-corrected chi connectivity index (χ3v) is 3.11. The first kappa shape index (κ1) is 16.0. The second-order valence-electron chi connectivity index (χ2n) is 4.81. The molecule has 1 atom stereocenters. The Kier molecular flexibility index (Phi) is 7.48.